The third kappa shape index (κ3) is 6.12. The molecule has 40 heavy (non-hydrogen) atoms. The Labute approximate surface area is 237 Å². The molecule has 0 unspecified atom stereocenters. The van der Waals surface area contributed by atoms with Crippen LogP contribution in [0.15, 0.2) is 42.0 Å². The lowest BCUT2D eigenvalue weighted by Gasteiger charge is -2.28. The summed E-state index contributed by atoms with van der Waals surface area (Å²) >= 11 is 0. The third-order valence-corrected chi connectivity index (χ3v) is 7.60. The van der Waals surface area contributed by atoms with Crippen molar-refractivity contribution in [3.8, 4) is 17.2 Å². The average Bonchev–Trinajstić information content (AvgIpc) is 3.45. The Morgan fingerprint density at radius 3 is 2.52 bits per heavy atom. The van der Waals surface area contributed by atoms with E-state index in [9.17, 15) is 14.7 Å². The second-order valence-corrected chi connectivity index (χ2v) is 10.3. The zero-order valence-electron chi connectivity index (χ0n) is 24.4. The van der Waals surface area contributed by atoms with Crippen molar-refractivity contribution in [2.45, 2.75) is 66.0 Å². The fourth-order valence-electron chi connectivity index (χ4n) is 5.38. The van der Waals surface area contributed by atoms with Gasteiger partial charge in [-0.05, 0) is 74.8 Å². The van der Waals surface area contributed by atoms with Gasteiger partial charge in [-0.15, -0.1) is 0 Å². The molecular weight excluding hydrogens is 508 g/mol. The van der Waals surface area contributed by atoms with Crippen LogP contribution in [0.4, 0.5) is 0 Å². The van der Waals surface area contributed by atoms with Crippen LogP contribution in [-0.4, -0.2) is 72.1 Å². The number of ether oxygens (including phenoxy) is 3. The molecule has 0 radical (unpaired) electrons. The van der Waals surface area contributed by atoms with Crippen LogP contribution in [0.3, 0.4) is 0 Å². The molecule has 216 valence electrons. The van der Waals surface area contributed by atoms with Crippen molar-refractivity contribution in [2.24, 2.45) is 0 Å². The molecule has 1 amide bonds. The van der Waals surface area contributed by atoms with Gasteiger partial charge in [0, 0.05) is 25.1 Å². The minimum atomic E-state index is -0.761. The number of amides is 1. The molecule has 0 spiro atoms. The highest BCUT2D eigenvalue weighted by atomic mass is 16.5. The molecule has 1 saturated heterocycles. The number of aliphatic hydroxyl groups excluding tert-OH is 1. The number of carbonyl (C=O) groups excluding carboxylic acids is 2. The van der Waals surface area contributed by atoms with Gasteiger partial charge in [0.2, 0.25) is 0 Å². The number of nitrogens with zero attached hydrogens (tertiary/aromatic N) is 2. The standard InChI is InChI=1S/C32H42N2O6/c1-6-10-17-39-26-14-11-22(20-27(26)38-9-4)29-28(31(36)32(37)34(29)16-15-33(7-2)8-3)30(35)23-12-13-25-24(19-23)18-21(5)40-25/h11-14,19-21,29,35H,6-10,15-18H2,1-5H3/t21-,29+/m0/s1. The first-order valence-corrected chi connectivity index (χ1v) is 14.5. The van der Waals surface area contributed by atoms with Crippen LogP contribution < -0.4 is 14.2 Å². The Morgan fingerprint density at radius 1 is 1.05 bits per heavy atom. The zero-order valence-corrected chi connectivity index (χ0v) is 24.4. The lowest BCUT2D eigenvalue weighted by molar-refractivity contribution is -0.140. The summed E-state index contributed by atoms with van der Waals surface area (Å²) in [5.74, 6) is 0.463. The molecular formula is C32H42N2O6. The minimum Gasteiger partial charge on any atom is -0.507 e. The smallest absolute Gasteiger partial charge is 0.295 e. The summed E-state index contributed by atoms with van der Waals surface area (Å²) < 4.78 is 17.7. The summed E-state index contributed by atoms with van der Waals surface area (Å²) in [5.41, 5.74) is 2.23. The molecule has 0 aromatic heterocycles. The number of hydrogen-bond acceptors (Lipinski definition) is 7. The van der Waals surface area contributed by atoms with Crippen molar-refractivity contribution in [3.63, 3.8) is 0 Å². The molecule has 2 aromatic carbocycles. The highest BCUT2D eigenvalue weighted by Gasteiger charge is 2.46. The number of unbranched alkanes of at least 4 members (excludes halogenated alkanes) is 1. The van der Waals surface area contributed by atoms with E-state index in [4.69, 9.17) is 14.2 Å². The first kappa shape index (κ1) is 29.5. The van der Waals surface area contributed by atoms with Crippen LogP contribution in [-0.2, 0) is 16.0 Å². The Hall–Kier alpha value is -3.52. The van der Waals surface area contributed by atoms with Crippen LogP contribution >= 0.6 is 0 Å². The zero-order chi connectivity index (χ0) is 28.8. The summed E-state index contributed by atoms with van der Waals surface area (Å²) in [4.78, 5) is 30.8. The number of likely N-dealkylation sites (N-methyl/N-ethyl adjacent to an activating group) is 1. The molecule has 2 atom stereocenters. The number of aliphatic hydroxyl groups is 1. The van der Waals surface area contributed by atoms with Crippen molar-refractivity contribution in [1.82, 2.24) is 9.80 Å². The van der Waals surface area contributed by atoms with Crippen molar-refractivity contribution in [2.75, 3.05) is 39.4 Å². The van der Waals surface area contributed by atoms with Crippen molar-refractivity contribution in [1.29, 1.82) is 0 Å². The number of Topliss-reactive ketones (excluding diaryl/α,β-unsaturated/α-hetero) is 1. The van der Waals surface area contributed by atoms with Gasteiger partial charge in [0.05, 0.1) is 24.8 Å². The SMILES string of the molecule is CCCCOc1ccc([C@@H]2C(=C(O)c3ccc4c(c3)C[C@H](C)O4)C(=O)C(=O)N2CCN(CC)CC)cc1OCC. The Balaban J connectivity index is 1.79. The predicted molar refractivity (Wildman–Crippen MR) is 155 cm³/mol. The molecule has 8 nitrogen and oxygen atoms in total. The number of ketones is 1. The summed E-state index contributed by atoms with van der Waals surface area (Å²) in [6.45, 7) is 13.8. The van der Waals surface area contributed by atoms with Gasteiger partial charge in [0.25, 0.3) is 11.7 Å². The Morgan fingerprint density at radius 2 is 1.82 bits per heavy atom. The van der Waals surface area contributed by atoms with Gasteiger partial charge in [0.1, 0.15) is 17.6 Å². The van der Waals surface area contributed by atoms with E-state index >= 15 is 0 Å². The van der Waals surface area contributed by atoms with E-state index < -0.39 is 17.7 Å². The Bertz CT molecular complexity index is 1250. The van der Waals surface area contributed by atoms with Gasteiger partial charge < -0.3 is 29.1 Å². The van der Waals surface area contributed by atoms with Gasteiger partial charge in [-0.1, -0.05) is 33.3 Å². The lowest BCUT2D eigenvalue weighted by Crippen LogP contribution is -2.38. The molecule has 1 N–H and O–H groups in total. The second kappa shape index (κ2) is 13.2. The van der Waals surface area contributed by atoms with Gasteiger partial charge in [-0.3, -0.25) is 9.59 Å². The van der Waals surface area contributed by atoms with E-state index in [1.54, 1.807) is 11.0 Å². The maximum Gasteiger partial charge on any atom is 0.295 e. The molecule has 4 rings (SSSR count). The molecule has 2 aliphatic rings. The van der Waals surface area contributed by atoms with Crippen LogP contribution in [0.2, 0.25) is 0 Å². The number of benzene rings is 2. The van der Waals surface area contributed by atoms with E-state index in [1.165, 1.54) is 0 Å². The van der Waals surface area contributed by atoms with Gasteiger partial charge in [-0.2, -0.15) is 0 Å². The highest BCUT2D eigenvalue weighted by Crippen LogP contribution is 2.42. The maximum absolute atomic E-state index is 13.5. The molecule has 8 heteroatoms. The average molecular weight is 551 g/mol. The molecule has 2 aliphatic heterocycles. The molecule has 0 saturated carbocycles. The largest absolute Gasteiger partial charge is 0.507 e. The van der Waals surface area contributed by atoms with E-state index in [-0.39, 0.29) is 17.4 Å². The summed E-state index contributed by atoms with van der Waals surface area (Å²) in [5, 5.41) is 11.6. The van der Waals surface area contributed by atoms with Gasteiger partial charge in [0.15, 0.2) is 11.5 Å². The number of hydrogen-bond donors (Lipinski definition) is 1. The van der Waals surface area contributed by atoms with E-state index in [2.05, 4.69) is 25.7 Å². The fourth-order valence-corrected chi connectivity index (χ4v) is 5.38. The van der Waals surface area contributed by atoms with Crippen LogP contribution in [0, 0.1) is 0 Å². The number of fused-ring (bicyclic) bond motifs is 1. The first-order chi connectivity index (χ1) is 19.3. The molecule has 1 fully saturated rings. The summed E-state index contributed by atoms with van der Waals surface area (Å²) in [6, 6.07) is 10.2. The fraction of sp³-hybridized carbons (Fsp3) is 0.500. The molecule has 0 aliphatic carbocycles. The first-order valence-electron chi connectivity index (χ1n) is 14.5. The van der Waals surface area contributed by atoms with Crippen molar-refractivity contribution in [3.05, 3.63) is 58.7 Å². The normalized spacial score (nSPS) is 19.7. The quantitative estimate of drug-likeness (QED) is 0.156. The van der Waals surface area contributed by atoms with Crippen molar-refractivity contribution < 1.29 is 28.9 Å². The molecule has 2 heterocycles. The minimum absolute atomic E-state index is 0.0492. The van der Waals surface area contributed by atoms with Gasteiger partial charge >= 0.3 is 0 Å². The van der Waals surface area contributed by atoms with Gasteiger partial charge in [-0.25, -0.2) is 0 Å². The number of likely N-dealkylation sites (tertiary alicyclic amines) is 1. The molecule has 0 bridgehead atoms. The highest BCUT2D eigenvalue weighted by molar-refractivity contribution is 6.46. The van der Waals surface area contributed by atoms with Crippen LogP contribution in [0.5, 0.6) is 17.2 Å². The van der Waals surface area contributed by atoms with E-state index in [1.807, 2.05) is 44.2 Å². The van der Waals surface area contributed by atoms with Crippen molar-refractivity contribution >= 4 is 17.4 Å². The number of rotatable bonds is 13. The Kier molecular flexibility index (Phi) is 9.74. The van der Waals surface area contributed by atoms with E-state index in [0.29, 0.717) is 48.9 Å². The summed E-state index contributed by atoms with van der Waals surface area (Å²) in [7, 11) is 0. The third-order valence-electron chi connectivity index (χ3n) is 7.60. The van der Waals surface area contributed by atoms with E-state index in [0.717, 1.165) is 43.7 Å². The topological polar surface area (TPSA) is 88.5 Å². The maximum atomic E-state index is 13.5. The van der Waals surface area contributed by atoms with Crippen LogP contribution in [0.1, 0.15) is 70.2 Å². The monoisotopic (exact) mass is 550 g/mol. The predicted octanol–water partition coefficient (Wildman–Crippen LogP) is 5.35. The molecule has 2 aromatic rings. The summed E-state index contributed by atoms with van der Waals surface area (Å²) in [6.07, 6.45) is 2.70. The lowest BCUT2D eigenvalue weighted by atomic mass is 9.94. The van der Waals surface area contributed by atoms with Crippen LogP contribution in [0.25, 0.3) is 5.76 Å². The number of carbonyl (C=O) groups is 2. The second-order valence-electron chi connectivity index (χ2n) is 10.3.